The third-order valence-corrected chi connectivity index (χ3v) is 3.30. The number of rotatable bonds is 6. The van der Waals surface area contributed by atoms with Crippen LogP contribution < -0.4 is 10.1 Å². The van der Waals surface area contributed by atoms with Crippen molar-refractivity contribution in [2.45, 2.75) is 38.8 Å². The van der Waals surface area contributed by atoms with E-state index in [0.717, 1.165) is 12.8 Å². The Morgan fingerprint density at radius 1 is 1.45 bits per heavy atom. The predicted molar refractivity (Wildman–Crippen MR) is 75.2 cm³/mol. The highest BCUT2D eigenvalue weighted by molar-refractivity contribution is 5.92. The molecule has 22 heavy (non-hydrogen) atoms. The molecule has 0 bridgehead atoms. The molecule has 1 N–H and O–H groups in total. The summed E-state index contributed by atoms with van der Waals surface area (Å²) in [5.41, 5.74) is 0.223. The molecule has 1 atom stereocenters. The van der Waals surface area contributed by atoms with Gasteiger partial charge in [-0.2, -0.15) is 0 Å². The van der Waals surface area contributed by atoms with Crippen LogP contribution in [-0.2, 0) is 0 Å². The van der Waals surface area contributed by atoms with E-state index in [-0.39, 0.29) is 17.6 Å². The number of hydrogen-bond donors (Lipinski definition) is 1. The van der Waals surface area contributed by atoms with Gasteiger partial charge >= 0.3 is 0 Å². The Bertz CT molecular complexity index is 651. The summed E-state index contributed by atoms with van der Waals surface area (Å²) < 4.78 is 6.97. The molecule has 1 amide bonds. The van der Waals surface area contributed by atoms with Gasteiger partial charge in [0.05, 0.1) is 31.1 Å². The van der Waals surface area contributed by atoms with Crippen molar-refractivity contribution < 1.29 is 9.53 Å². The van der Waals surface area contributed by atoms with Crippen LogP contribution in [0.5, 0.6) is 5.88 Å². The molecule has 0 unspecified atom stereocenters. The topological polar surface area (TPSA) is 108 Å². The number of ether oxygens (including phenoxy) is 1. The Hall–Kier alpha value is -2.58. The van der Waals surface area contributed by atoms with Gasteiger partial charge in [-0.15, -0.1) is 5.10 Å². The summed E-state index contributed by atoms with van der Waals surface area (Å²) in [5.74, 6) is 0.716. The molecule has 0 radical (unpaired) electrons. The summed E-state index contributed by atoms with van der Waals surface area (Å²) in [6.07, 6.45) is 4.96. The van der Waals surface area contributed by atoms with Crippen LogP contribution in [0.2, 0.25) is 0 Å². The third kappa shape index (κ3) is 3.02. The van der Waals surface area contributed by atoms with Gasteiger partial charge in [0.2, 0.25) is 5.88 Å². The summed E-state index contributed by atoms with van der Waals surface area (Å²) in [6.45, 7) is 4.19. The molecule has 1 aliphatic rings. The van der Waals surface area contributed by atoms with E-state index >= 15 is 0 Å². The first kappa shape index (κ1) is 14.4. The molecule has 9 nitrogen and oxygen atoms in total. The molecule has 116 valence electrons. The molecule has 0 saturated heterocycles. The summed E-state index contributed by atoms with van der Waals surface area (Å²) in [5, 5.41) is 14.5. The van der Waals surface area contributed by atoms with Crippen molar-refractivity contribution in [3.05, 3.63) is 23.9 Å². The van der Waals surface area contributed by atoms with Gasteiger partial charge in [0.25, 0.3) is 5.91 Å². The molecule has 2 aromatic rings. The molecule has 0 aliphatic heterocycles. The van der Waals surface area contributed by atoms with Crippen LogP contribution in [0, 0.1) is 0 Å². The highest BCUT2D eigenvalue weighted by Crippen LogP contribution is 2.35. The zero-order valence-corrected chi connectivity index (χ0v) is 12.4. The van der Waals surface area contributed by atoms with E-state index < -0.39 is 0 Å². The zero-order valence-electron chi connectivity index (χ0n) is 12.4. The zero-order chi connectivity index (χ0) is 15.5. The maximum absolute atomic E-state index is 12.2. The first-order chi connectivity index (χ1) is 10.7. The molecule has 0 spiro atoms. The van der Waals surface area contributed by atoms with Crippen LogP contribution in [0.4, 0.5) is 0 Å². The Balaban J connectivity index is 1.66. The second kappa shape index (κ2) is 6.04. The van der Waals surface area contributed by atoms with Crippen LogP contribution >= 0.6 is 0 Å². The predicted octanol–water partition coefficient (Wildman–Crippen LogP) is 0.688. The van der Waals surface area contributed by atoms with Crippen molar-refractivity contribution in [2.24, 2.45) is 0 Å². The van der Waals surface area contributed by atoms with Gasteiger partial charge in [-0.1, -0.05) is 0 Å². The second-order valence-corrected chi connectivity index (χ2v) is 5.08. The fourth-order valence-corrected chi connectivity index (χ4v) is 2.06. The van der Waals surface area contributed by atoms with E-state index in [0.29, 0.717) is 24.4 Å². The average molecular weight is 303 g/mol. The van der Waals surface area contributed by atoms with E-state index in [1.165, 1.54) is 12.4 Å². The Labute approximate surface area is 127 Å². The number of carbonyl (C=O) groups is 1. The molecule has 0 aromatic carbocycles. The molecule has 1 fully saturated rings. The van der Waals surface area contributed by atoms with Gasteiger partial charge < -0.3 is 10.1 Å². The number of hydrogen-bond acceptors (Lipinski definition) is 7. The summed E-state index contributed by atoms with van der Waals surface area (Å²) >= 11 is 0. The number of aromatic nitrogens is 6. The van der Waals surface area contributed by atoms with Crippen molar-refractivity contribution in [3.8, 4) is 5.88 Å². The highest BCUT2D eigenvalue weighted by atomic mass is 16.5. The quantitative estimate of drug-likeness (QED) is 0.836. The smallest absolute Gasteiger partial charge is 0.272 e. The van der Waals surface area contributed by atoms with Crippen molar-refractivity contribution >= 4 is 5.91 Å². The van der Waals surface area contributed by atoms with Crippen LogP contribution in [-0.4, -0.2) is 42.7 Å². The van der Waals surface area contributed by atoms with Crippen molar-refractivity contribution in [1.82, 2.24) is 35.5 Å². The summed E-state index contributed by atoms with van der Waals surface area (Å²) in [6, 6.07) is 0.0473. The number of nitrogens with zero attached hydrogens (tertiary/aromatic N) is 6. The van der Waals surface area contributed by atoms with Crippen LogP contribution in [0.3, 0.4) is 0 Å². The van der Waals surface area contributed by atoms with Gasteiger partial charge in [0.15, 0.2) is 5.82 Å². The molecular formula is C13H17N7O2. The minimum atomic E-state index is -0.326. The first-order valence-electron chi connectivity index (χ1n) is 7.22. The molecule has 1 aliphatic carbocycles. The SMILES string of the molecule is CCOc1cnc(C(=O)N[C@@H](C)c2nnnn2C2CC2)cn1. The van der Waals surface area contributed by atoms with E-state index in [4.69, 9.17) is 4.74 Å². The average Bonchev–Trinajstić information content (AvgIpc) is 3.25. The number of nitrogens with one attached hydrogen (secondary N) is 1. The fraction of sp³-hybridized carbons (Fsp3) is 0.538. The van der Waals surface area contributed by atoms with Gasteiger partial charge in [0, 0.05) is 0 Å². The van der Waals surface area contributed by atoms with Crippen LogP contribution in [0.15, 0.2) is 12.4 Å². The summed E-state index contributed by atoms with van der Waals surface area (Å²) in [7, 11) is 0. The number of carbonyl (C=O) groups excluding carboxylic acids is 1. The maximum atomic E-state index is 12.2. The van der Waals surface area contributed by atoms with Crippen molar-refractivity contribution in [1.29, 1.82) is 0 Å². The van der Waals surface area contributed by atoms with Crippen molar-refractivity contribution in [2.75, 3.05) is 6.61 Å². The Morgan fingerprint density at radius 2 is 2.27 bits per heavy atom. The maximum Gasteiger partial charge on any atom is 0.272 e. The number of amides is 1. The van der Waals surface area contributed by atoms with Gasteiger partial charge in [-0.05, 0) is 37.1 Å². The minimum Gasteiger partial charge on any atom is -0.477 e. The normalized spacial score (nSPS) is 15.4. The van der Waals surface area contributed by atoms with Gasteiger partial charge in [-0.3, -0.25) is 4.79 Å². The molecule has 2 heterocycles. The van der Waals surface area contributed by atoms with Crippen LogP contribution in [0.1, 0.15) is 55.1 Å². The standard InChI is InChI=1S/C13H17N7O2/c1-3-22-11-7-14-10(6-15-11)13(21)16-8(2)12-17-18-19-20(12)9-4-5-9/h6-9H,3-5H2,1-2H3,(H,16,21)/t8-/m0/s1. The lowest BCUT2D eigenvalue weighted by Gasteiger charge is -2.13. The van der Waals surface area contributed by atoms with E-state index in [9.17, 15) is 4.79 Å². The molecule has 3 rings (SSSR count). The lowest BCUT2D eigenvalue weighted by molar-refractivity contribution is 0.0931. The van der Waals surface area contributed by atoms with E-state index in [1.54, 1.807) is 4.68 Å². The van der Waals surface area contributed by atoms with Gasteiger partial charge in [-0.25, -0.2) is 14.6 Å². The Morgan fingerprint density at radius 3 is 2.91 bits per heavy atom. The van der Waals surface area contributed by atoms with Crippen LogP contribution in [0.25, 0.3) is 0 Å². The second-order valence-electron chi connectivity index (χ2n) is 5.08. The minimum absolute atomic E-state index is 0.223. The monoisotopic (exact) mass is 303 g/mol. The van der Waals surface area contributed by atoms with Gasteiger partial charge in [0.1, 0.15) is 5.69 Å². The van der Waals surface area contributed by atoms with Crippen molar-refractivity contribution in [3.63, 3.8) is 0 Å². The van der Waals surface area contributed by atoms with E-state index in [2.05, 4.69) is 30.8 Å². The molecule has 1 saturated carbocycles. The fourth-order valence-electron chi connectivity index (χ4n) is 2.06. The largest absolute Gasteiger partial charge is 0.477 e. The molecular weight excluding hydrogens is 286 g/mol. The lowest BCUT2D eigenvalue weighted by Crippen LogP contribution is -2.29. The highest BCUT2D eigenvalue weighted by Gasteiger charge is 2.30. The third-order valence-electron chi connectivity index (χ3n) is 3.30. The summed E-state index contributed by atoms with van der Waals surface area (Å²) in [4.78, 5) is 20.3. The Kier molecular flexibility index (Phi) is 3.94. The van der Waals surface area contributed by atoms with E-state index in [1.807, 2.05) is 13.8 Å². The lowest BCUT2D eigenvalue weighted by atomic mass is 10.3. The first-order valence-corrected chi connectivity index (χ1v) is 7.22. The molecule has 9 heteroatoms. The number of tetrazole rings is 1. The molecule has 2 aromatic heterocycles.